The van der Waals surface area contributed by atoms with Crippen LogP contribution in [0.1, 0.15) is 12.0 Å². The number of rotatable bonds is 3. The molecule has 2 aromatic rings. The Hall–Kier alpha value is -2.23. The highest BCUT2D eigenvalue weighted by atomic mass is 32.2. The van der Waals surface area contributed by atoms with Gasteiger partial charge >= 0.3 is 0 Å². The summed E-state index contributed by atoms with van der Waals surface area (Å²) in [6, 6.07) is 7.05. The van der Waals surface area contributed by atoms with Gasteiger partial charge in [-0.15, -0.1) is 0 Å². The highest BCUT2D eigenvalue weighted by Crippen LogP contribution is 2.32. The number of hydrogen-bond acceptors (Lipinski definition) is 5. The second-order valence-corrected chi connectivity index (χ2v) is 8.64. The maximum absolute atomic E-state index is 13.2. The van der Waals surface area contributed by atoms with E-state index in [0.717, 1.165) is 0 Å². The molecule has 9 heteroatoms. The molecule has 1 unspecified atom stereocenters. The van der Waals surface area contributed by atoms with E-state index in [9.17, 15) is 13.2 Å². The van der Waals surface area contributed by atoms with Crippen molar-refractivity contribution < 1.29 is 17.9 Å². The first-order chi connectivity index (χ1) is 12.4. The van der Waals surface area contributed by atoms with Crippen molar-refractivity contribution in [2.45, 2.75) is 23.8 Å². The number of nitrogens with zero attached hydrogens (tertiary/aromatic N) is 3. The van der Waals surface area contributed by atoms with Gasteiger partial charge in [-0.25, -0.2) is 13.1 Å². The first-order valence-electron chi connectivity index (χ1n) is 8.41. The summed E-state index contributed by atoms with van der Waals surface area (Å²) in [5.74, 6) is -0.167. The minimum absolute atomic E-state index is 0.0261. The van der Waals surface area contributed by atoms with Crippen LogP contribution in [0.4, 0.5) is 0 Å². The molecule has 8 nitrogen and oxygen atoms in total. The molecule has 0 saturated carbocycles. The summed E-state index contributed by atoms with van der Waals surface area (Å²) in [6.07, 6.45) is 3.97. The third-order valence-corrected chi connectivity index (χ3v) is 6.94. The third kappa shape index (κ3) is 2.91. The van der Waals surface area contributed by atoms with E-state index in [2.05, 4.69) is 10.4 Å². The average Bonchev–Trinajstić information content (AvgIpc) is 3.29. The fraction of sp³-hybridized carbons (Fsp3) is 0.412. The van der Waals surface area contributed by atoms with Gasteiger partial charge < -0.3 is 10.1 Å². The van der Waals surface area contributed by atoms with Crippen molar-refractivity contribution in [1.82, 2.24) is 19.4 Å². The van der Waals surface area contributed by atoms with E-state index < -0.39 is 15.6 Å². The Bertz CT molecular complexity index is 930. The summed E-state index contributed by atoms with van der Waals surface area (Å²) >= 11 is 0. The first-order valence-corrected chi connectivity index (χ1v) is 9.85. The standard InChI is InChI=1S/C17H20N4O4S/c1-13-3-4-14(21-7-2-6-19-21)9-15(13)26(23,24)20-8-5-17(12-20)11-18-16(22)10-25-17/h2-4,6-7,9H,5,8,10-12H2,1H3,(H,18,22). The zero-order chi connectivity index (χ0) is 18.4. The van der Waals surface area contributed by atoms with Crippen molar-refractivity contribution >= 4 is 15.9 Å². The van der Waals surface area contributed by atoms with E-state index in [4.69, 9.17) is 4.74 Å². The predicted molar refractivity (Wildman–Crippen MR) is 93.4 cm³/mol. The van der Waals surface area contributed by atoms with E-state index in [0.29, 0.717) is 30.8 Å². The largest absolute Gasteiger partial charge is 0.362 e. The van der Waals surface area contributed by atoms with E-state index in [1.165, 1.54) is 4.31 Å². The van der Waals surface area contributed by atoms with Crippen molar-refractivity contribution in [2.24, 2.45) is 0 Å². The number of ether oxygens (including phenoxy) is 1. The number of aromatic nitrogens is 2. The Morgan fingerprint density at radius 2 is 2.19 bits per heavy atom. The van der Waals surface area contributed by atoms with Gasteiger partial charge in [0.05, 0.1) is 10.6 Å². The Balaban J connectivity index is 1.63. The number of carbonyl (C=O) groups excluding carboxylic acids is 1. The van der Waals surface area contributed by atoms with Crippen LogP contribution in [0.25, 0.3) is 5.69 Å². The molecule has 26 heavy (non-hydrogen) atoms. The van der Waals surface area contributed by atoms with Crippen LogP contribution in [0.2, 0.25) is 0 Å². The minimum Gasteiger partial charge on any atom is -0.362 e. The average molecular weight is 376 g/mol. The first kappa shape index (κ1) is 17.2. The molecule has 0 aliphatic carbocycles. The fourth-order valence-corrected chi connectivity index (χ4v) is 5.19. The van der Waals surface area contributed by atoms with Crippen molar-refractivity contribution in [3.63, 3.8) is 0 Å². The Morgan fingerprint density at radius 1 is 1.35 bits per heavy atom. The molecule has 2 saturated heterocycles. The van der Waals surface area contributed by atoms with Crippen LogP contribution in [-0.4, -0.2) is 60.3 Å². The predicted octanol–water partition coefficient (Wildman–Crippen LogP) is 0.460. The summed E-state index contributed by atoms with van der Waals surface area (Å²) in [7, 11) is -3.67. The molecule has 1 aromatic carbocycles. The van der Waals surface area contributed by atoms with Crippen LogP contribution < -0.4 is 5.32 Å². The maximum Gasteiger partial charge on any atom is 0.246 e. The Kier molecular flexibility index (Phi) is 4.09. The summed E-state index contributed by atoms with van der Waals surface area (Å²) in [6.45, 7) is 2.69. The van der Waals surface area contributed by atoms with E-state index in [1.54, 1.807) is 42.2 Å². The fourth-order valence-electron chi connectivity index (χ4n) is 3.43. The molecule has 3 heterocycles. The van der Waals surface area contributed by atoms with Gasteiger partial charge in [-0.2, -0.15) is 9.40 Å². The molecule has 1 amide bonds. The number of sulfonamides is 1. The molecular weight excluding hydrogens is 356 g/mol. The number of benzene rings is 1. The van der Waals surface area contributed by atoms with Crippen LogP contribution in [0, 0.1) is 6.92 Å². The van der Waals surface area contributed by atoms with Crippen molar-refractivity contribution in [3.05, 3.63) is 42.2 Å². The van der Waals surface area contributed by atoms with Crippen LogP contribution >= 0.6 is 0 Å². The second kappa shape index (κ2) is 6.19. The molecule has 1 spiro atoms. The number of nitrogens with one attached hydrogen (secondary N) is 1. The quantitative estimate of drug-likeness (QED) is 0.840. The van der Waals surface area contributed by atoms with Crippen LogP contribution in [0.3, 0.4) is 0 Å². The van der Waals surface area contributed by atoms with Crippen LogP contribution in [0.5, 0.6) is 0 Å². The van der Waals surface area contributed by atoms with Gasteiger partial charge in [0.15, 0.2) is 0 Å². The number of amides is 1. The molecular formula is C17H20N4O4S. The van der Waals surface area contributed by atoms with Crippen molar-refractivity contribution in [3.8, 4) is 5.69 Å². The van der Waals surface area contributed by atoms with Crippen LogP contribution in [0.15, 0.2) is 41.6 Å². The SMILES string of the molecule is Cc1ccc(-n2cccn2)cc1S(=O)(=O)N1CCC2(CNC(=O)CO2)C1. The van der Waals surface area contributed by atoms with E-state index in [1.807, 2.05) is 6.07 Å². The van der Waals surface area contributed by atoms with Gasteiger partial charge in [0.2, 0.25) is 15.9 Å². The lowest BCUT2D eigenvalue weighted by Crippen LogP contribution is -2.54. The molecule has 138 valence electrons. The Morgan fingerprint density at radius 3 is 2.88 bits per heavy atom. The lowest BCUT2D eigenvalue weighted by atomic mass is 10.0. The molecule has 2 fully saturated rings. The third-order valence-electron chi connectivity index (χ3n) is 4.96. The number of carbonyl (C=O) groups is 1. The monoisotopic (exact) mass is 376 g/mol. The van der Waals surface area contributed by atoms with Crippen LogP contribution in [-0.2, 0) is 19.6 Å². The molecule has 2 aliphatic rings. The highest BCUT2D eigenvalue weighted by Gasteiger charge is 2.46. The smallest absolute Gasteiger partial charge is 0.246 e. The minimum atomic E-state index is -3.67. The number of hydrogen-bond donors (Lipinski definition) is 1. The lowest BCUT2D eigenvalue weighted by molar-refractivity contribution is -0.141. The summed E-state index contributed by atoms with van der Waals surface area (Å²) < 4.78 is 35.2. The summed E-state index contributed by atoms with van der Waals surface area (Å²) in [4.78, 5) is 11.6. The molecule has 1 N–H and O–H groups in total. The molecule has 2 aliphatic heterocycles. The number of morpholine rings is 1. The second-order valence-electron chi connectivity index (χ2n) is 6.74. The topological polar surface area (TPSA) is 93.5 Å². The zero-order valence-electron chi connectivity index (χ0n) is 14.4. The Labute approximate surface area is 151 Å². The lowest BCUT2D eigenvalue weighted by Gasteiger charge is -2.33. The molecule has 0 bridgehead atoms. The highest BCUT2D eigenvalue weighted by molar-refractivity contribution is 7.89. The van der Waals surface area contributed by atoms with Gasteiger partial charge in [0.25, 0.3) is 0 Å². The maximum atomic E-state index is 13.2. The van der Waals surface area contributed by atoms with E-state index >= 15 is 0 Å². The van der Waals surface area contributed by atoms with Gasteiger partial charge in [-0.05, 0) is 37.1 Å². The molecule has 1 aromatic heterocycles. The molecule has 1 atom stereocenters. The van der Waals surface area contributed by atoms with Gasteiger partial charge in [-0.3, -0.25) is 4.79 Å². The van der Waals surface area contributed by atoms with E-state index in [-0.39, 0.29) is 24.0 Å². The van der Waals surface area contributed by atoms with Gasteiger partial charge in [0.1, 0.15) is 12.2 Å². The summed E-state index contributed by atoms with van der Waals surface area (Å²) in [5.41, 5.74) is 0.739. The normalized spacial score (nSPS) is 24.1. The van der Waals surface area contributed by atoms with Gasteiger partial charge in [-0.1, -0.05) is 6.07 Å². The van der Waals surface area contributed by atoms with Crippen molar-refractivity contribution in [2.75, 3.05) is 26.2 Å². The van der Waals surface area contributed by atoms with Crippen molar-refractivity contribution in [1.29, 1.82) is 0 Å². The molecule has 0 radical (unpaired) electrons. The zero-order valence-corrected chi connectivity index (χ0v) is 15.2. The van der Waals surface area contributed by atoms with Gasteiger partial charge in [0, 0.05) is 32.0 Å². The molecule has 4 rings (SSSR count). The number of aryl methyl sites for hydroxylation is 1. The summed E-state index contributed by atoms with van der Waals surface area (Å²) in [5, 5.41) is 6.93.